The minimum absolute atomic E-state index is 0.0288. The smallest absolute Gasteiger partial charge is 0.227 e. The molecule has 0 bridgehead atoms. The van der Waals surface area contributed by atoms with Gasteiger partial charge in [0.25, 0.3) is 0 Å². The highest BCUT2D eigenvalue weighted by atomic mass is 35.5. The van der Waals surface area contributed by atoms with Crippen LogP contribution in [0.5, 0.6) is 0 Å². The molecule has 3 rings (SSSR count). The minimum Gasteiger partial charge on any atom is -0.355 e. The van der Waals surface area contributed by atoms with E-state index in [1.165, 1.54) is 42.4 Å². The summed E-state index contributed by atoms with van der Waals surface area (Å²) in [6, 6.07) is 4.73. The molecule has 2 unspecified atom stereocenters. The van der Waals surface area contributed by atoms with Gasteiger partial charge in [0, 0.05) is 37.8 Å². The normalized spacial score (nSPS) is 24.1. The van der Waals surface area contributed by atoms with Crippen molar-refractivity contribution in [2.75, 3.05) is 31.1 Å². The molecule has 2 atom stereocenters. The van der Waals surface area contributed by atoms with E-state index in [0.717, 1.165) is 13.1 Å². The fraction of sp³-hybridized carbons (Fsp3) is 0.579. The van der Waals surface area contributed by atoms with Crippen molar-refractivity contribution >= 4 is 29.1 Å². The van der Waals surface area contributed by atoms with E-state index < -0.39 is 5.82 Å². The Labute approximate surface area is 158 Å². The van der Waals surface area contributed by atoms with Gasteiger partial charge in [0.2, 0.25) is 11.8 Å². The van der Waals surface area contributed by atoms with Crippen LogP contribution in [0.2, 0.25) is 5.02 Å². The number of nitrogens with one attached hydrogen (secondary N) is 1. The molecule has 2 amide bonds. The summed E-state index contributed by atoms with van der Waals surface area (Å²) < 4.78 is 13.3. The van der Waals surface area contributed by atoms with Gasteiger partial charge in [-0.2, -0.15) is 0 Å². The number of anilines is 1. The van der Waals surface area contributed by atoms with Gasteiger partial charge >= 0.3 is 0 Å². The number of hydrogen-bond donors (Lipinski definition) is 1. The summed E-state index contributed by atoms with van der Waals surface area (Å²) in [7, 11) is 0. The fourth-order valence-electron chi connectivity index (χ4n) is 3.74. The summed E-state index contributed by atoms with van der Waals surface area (Å²) in [4.78, 5) is 28.6. The number of rotatable bonds is 5. The average molecular weight is 382 g/mol. The Balaban J connectivity index is 1.51. The summed E-state index contributed by atoms with van der Waals surface area (Å²) >= 11 is 5.80. The molecule has 1 aromatic carbocycles. The lowest BCUT2D eigenvalue weighted by atomic mass is 10.0. The molecule has 0 spiro atoms. The van der Waals surface area contributed by atoms with E-state index in [4.69, 9.17) is 11.6 Å². The second-order valence-electron chi connectivity index (χ2n) is 7.18. The highest BCUT2D eigenvalue weighted by Crippen LogP contribution is 2.28. The lowest BCUT2D eigenvalue weighted by Crippen LogP contribution is -2.43. The SMILES string of the molecule is CC1CCCCN1CCNC(=O)C1CC(=O)N(c2ccc(F)c(Cl)c2)C1. The molecule has 1 aromatic rings. The zero-order valence-corrected chi connectivity index (χ0v) is 15.8. The number of likely N-dealkylation sites (tertiary alicyclic amines) is 1. The van der Waals surface area contributed by atoms with Gasteiger partial charge in [-0.25, -0.2) is 4.39 Å². The second kappa shape index (κ2) is 8.35. The van der Waals surface area contributed by atoms with Crippen molar-refractivity contribution in [3.05, 3.63) is 29.0 Å². The molecule has 5 nitrogen and oxygen atoms in total. The van der Waals surface area contributed by atoms with Gasteiger partial charge in [0.1, 0.15) is 5.82 Å². The van der Waals surface area contributed by atoms with Crippen molar-refractivity contribution in [2.24, 2.45) is 5.92 Å². The van der Waals surface area contributed by atoms with Crippen molar-refractivity contribution in [3.8, 4) is 0 Å². The molecule has 26 heavy (non-hydrogen) atoms. The first-order valence-corrected chi connectivity index (χ1v) is 9.60. The van der Waals surface area contributed by atoms with Crippen LogP contribution in [-0.4, -0.2) is 48.9 Å². The van der Waals surface area contributed by atoms with Crippen LogP contribution in [0.4, 0.5) is 10.1 Å². The van der Waals surface area contributed by atoms with Gasteiger partial charge in [-0.1, -0.05) is 18.0 Å². The zero-order valence-electron chi connectivity index (χ0n) is 15.0. The number of halogens is 2. The van der Waals surface area contributed by atoms with Gasteiger partial charge in [0.05, 0.1) is 10.9 Å². The third kappa shape index (κ3) is 4.35. The molecule has 2 fully saturated rings. The van der Waals surface area contributed by atoms with Crippen LogP contribution in [0.25, 0.3) is 0 Å². The van der Waals surface area contributed by atoms with Gasteiger partial charge < -0.3 is 10.2 Å². The van der Waals surface area contributed by atoms with Gasteiger partial charge in [-0.15, -0.1) is 0 Å². The van der Waals surface area contributed by atoms with Crippen molar-refractivity contribution in [3.63, 3.8) is 0 Å². The quantitative estimate of drug-likeness (QED) is 0.853. The summed E-state index contributed by atoms with van der Waals surface area (Å²) in [5, 5.41) is 2.93. The molecule has 2 aliphatic heterocycles. The Kier molecular flexibility index (Phi) is 6.14. The lowest BCUT2D eigenvalue weighted by Gasteiger charge is -2.33. The van der Waals surface area contributed by atoms with Crippen LogP contribution in [0.15, 0.2) is 18.2 Å². The third-order valence-corrected chi connectivity index (χ3v) is 5.64. The maximum absolute atomic E-state index is 13.3. The van der Waals surface area contributed by atoms with Crippen molar-refractivity contribution in [1.82, 2.24) is 10.2 Å². The van der Waals surface area contributed by atoms with Crippen LogP contribution >= 0.6 is 11.6 Å². The Bertz CT molecular complexity index is 685. The summed E-state index contributed by atoms with van der Waals surface area (Å²) in [5.74, 6) is -1.15. The number of nitrogens with zero attached hydrogens (tertiary/aromatic N) is 2. The Morgan fingerprint density at radius 3 is 2.92 bits per heavy atom. The van der Waals surface area contributed by atoms with Crippen LogP contribution in [0, 0.1) is 11.7 Å². The molecule has 2 heterocycles. The van der Waals surface area contributed by atoms with E-state index in [0.29, 0.717) is 24.8 Å². The molecule has 7 heteroatoms. The van der Waals surface area contributed by atoms with Crippen LogP contribution in [0.3, 0.4) is 0 Å². The van der Waals surface area contributed by atoms with Crippen LogP contribution in [0.1, 0.15) is 32.6 Å². The molecule has 0 aliphatic carbocycles. The highest BCUT2D eigenvalue weighted by Gasteiger charge is 2.35. The van der Waals surface area contributed by atoms with Crippen molar-refractivity contribution in [1.29, 1.82) is 0 Å². The maximum Gasteiger partial charge on any atom is 0.227 e. The topological polar surface area (TPSA) is 52.7 Å². The predicted molar refractivity (Wildman–Crippen MR) is 99.8 cm³/mol. The molecular formula is C19H25ClFN3O2. The fourth-order valence-corrected chi connectivity index (χ4v) is 3.92. The summed E-state index contributed by atoms with van der Waals surface area (Å²) in [6.45, 7) is 5.04. The minimum atomic E-state index is -0.525. The molecule has 0 aromatic heterocycles. The molecule has 0 radical (unpaired) electrons. The molecule has 142 valence electrons. The van der Waals surface area contributed by atoms with E-state index in [-0.39, 0.29) is 29.2 Å². The molecule has 2 saturated heterocycles. The first-order chi connectivity index (χ1) is 12.5. The number of carbonyl (C=O) groups is 2. The Hall–Kier alpha value is -1.66. The number of hydrogen-bond acceptors (Lipinski definition) is 3. The first kappa shape index (κ1) is 19.1. The number of amides is 2. The van der Waals surface area contributed by atoms with Crippen molar-refractivity contribution < 1.29 is 14.0 Å². The third-order valence-electron chi connectivity index (χ3n) is 5.35. The number of piperidine rings is 1. The molecule has 0 saturated carbocycles. The highest BCUT2D eigenvalue weighted by molar-refractivity contribution is 6.31. The molecular weight excluding hydrogens is 357 g/mol. The van der Waals surface area contributed by atoms with Crippen molar-refractivity contribution in [2.45, 2.75) is 38.6 Å². The zero-order chi connectivity index (χ0) is 18.7. The van der Waals surface area contributed by atoms with Crippen LogP contribution in [-0.2, 0) is 9.59 Å². The largest absolute Gasteiger partial charge is 0.355 e. The maximum atomic E-state index is 13.3. The molecule has 2 aliphatic rings. The van der Waals surface area contributed by atoms with E-state index in [2.05, 4.69) is 17.1 Å². The van der Waals surface area contributed by atoms with E-state index in [1.807, 2.05) is 0 Å². The summed E-state index contributed by atoms with van der Waals surface area (Å²) in [6.07, 6.45) is 3.86. The van der Waals surface area contributed by atoms with Gasteiger partial charge in [0.15, 0.2) is 0 Å². The van der Waals surface area contributed by atoms with Gasteiger partial charge in [-0.05, 0) is 44.5 Å². The molecule has 1 N–H and O–H groups in total. The van der Waals surface area contributed by atoms with Gasteiger partial charge in [-0.3, -0.25) is 14.5 Å². The number of benzene rings is 1. The van der Waals surface area contributed by atoms with E-state index >= 15 is 0 Å². The predicted octanol–water partition coefficient (Wildman–Crippen LogP) is 2.82. The standard InChI is InChI=1S/C19H25ClFN3O2/c1-13-4-2-3-8-23(13)9-7-22-19(26)14-10-18(25)24(12-14)15-5-6-17(21)16(20)11-15/h5-6,11,13-14H,2-4,7-10,12H2,1H3,(H,22,26). The monoisotopic (exact) mass is 381 g/mol. The average Bonchev–Trinajstić information content (AvgIpc) is 3.01. The van der Waals surface area contributed by atoms with Crippen LogP contribution < -0.4 is 10.2 Å². The first-order valence-electron chi connectivity index (χ1n) is 9.23. The Morgan fingerprint density at radius 1 is 1.38 bits per heavy atom. The lowest BCUT2D eigenvalue weighted by molar-refractivity contribution is -0.126. The number of carbonyl (C=O) groups excluding carboxylic acids is 2. The van der Waals surface area contributed by atoms with E-state index in [1.54, 1.807) is 0 Å². The second-order valence-corrected chi connectivity index (χ2v) is 7.58. The summed E-state index contributed by atoms with van der Waals surface area (Å²) in [5.41, 5.74) is 0.527. The van der Waals surface area contributed by atoms with E-state index in [9.17, 15) is 14.0 Å². The Morgan fingerprint density at radius 2 is 2.19 bits per heavy atom.